The van der Waals surface area contributed by atoms with Gasteiger partial charge < -0.3 is 9.84 Å². The smallest absolute Gasteiger partial charge is 0.317 e. The predicted molar refractivity (Wildman–Crippen MR) is 61.6 cm³/mol. The van der Waals surface area contributed by atoms with E-state index in [4.69, 9.17) is 9.84 Å². The van der Waals surface area contributed by atoms with Gasteiger partial charge in [0.25, 0.3) is 0 Å². The largest absolute Gasteiger partial charge is 0.492 e. The maximum Gasteiger partial charge on any atom is 0.317 e. The third kappa shape index (κ3) is 5.31. The van der Waals surface area contributed by atoms with Gasteiger partial charge in [-0.05, 0) is 30.8 Å². The molecule has 17 heavy (non-hydrogen) atoms. The number of likely N-dealkylation sites (N-methyl/N-ethyl adjacent to an activating group) is 1. The second kappa shape index (κ2) is 6.85. The Balaban J connectivity index is 2.30. The molecule has 0 radical (unpaired) electrons. The highest BCUT2D eigenvalue weighted by Gasteiger charge is 2.07. The number of carboxylic acids is 1. The molecule has 0 saturated carbocycles. The molecule has 1 aromatic carbocycles. The molecule has 0 atom stereocenters. The highest BCUT2D eigenvalue weighted by atomic mass is 19.1. The van der Waals surface area contributed by atoms with Gasteiger partial charge in [0.05, 0.1) is 6.54 Å². The molecule has 0 unspecified atom stereocenters. The van der Waals surface area contributed by atoms with Crippen LogP contribution in [-0.4, -0.2) is 42.2 Å². The number of rotatable bonds is 7. The van der Waals surface area contributed by atoms with Gasteiger partial charge in [-0.1, -0.05) is 6.92 Å². The zero-order valence-electron chi connectivity index (χ0n) is 9.73. The van der Waals surface area contributed by atoms with Crippen LogP contribution in [0.15, 0.2) is 24.3 Å². The van der Waals surface area contributed by atoms with Crippen molar-refractivity contribution in [1.29, 1.82) is 0 Å². The van der Waals surface area contributed by atoms with E-state index in [1.807, 2.05) is 6.92 Å². The summed E-state index contributed by atoms with van der Waals surface area (Å²) in [4.78, 5) is 12.3. The third-order valence-corrected chi connectivity index (χ3v) is 2.30. The van der Waals surface area contributed by atoms with Gasteiger partial charge in [-0.25, -0.2) is 4.39 Å². The molecule has 1 N–H and O–H groups in total. The number of carboxylic acid groups (broad SMARTS) is 1. The maximum atomic E-state index is 12.6. The normalized spacial score (nSPS) is 10.5. The van der Waals surface area contributed by atoms with Crippen LogP contribution in [0.5, 0.6) is 5.75 Å². The number of ether oxygens (including phenoxy) is 1. The molecule has 0 heterocycles. The number of halogens is 1. The lowest BCUT2D eigenvalue weighted by Gasteiger charge is -2.17. The zero-order valence-corrected chi connectivity index (χ0v) is 9.73. The molecule has 0 bridgehead atoms. The van der Waals surface area contributed by atoms with Gasteiger partial charge in [-0.2, -0.15) is 0 Å². The lowest BCUT2D eigenvalue weighted by Crippen LogP contribution is -2.33. The predicted octanol–water partition coefficient (Wildman–Crippen LogP) is 1.61. The van der Waals surface area contributed by atoms with E-state index in [1.54, 1.807) is 17.0 Å². The minimum absolute atomic E-state index is 0.00325. The Labute approximate surface area is 99.6 Å². The lowest BCUT2D eigenvalue weighted by atomic mass is 10.3. The summed E-state index contributed by atoms with van der Waals surface area (Å²) in [6.07, 6.45) is 0. The van der Waals surface area contributed by atoms with Crippen LogP contribution in [-0.2, 0) is 4.79 Å². The van der Waals surface area contributed by atoms with Crippen molar-refractivity contribution in [2.24, 2.45) is 0 Å². The van der Waals surface area contributed by atoms with Gasteiger partial charge in [0.2, 0.25) is 0 Å². The zero-order chi connectivity index (χ0) is 12.7. The Bertz CT molecular complexity index is 353. The van der Waals surface area contributed by atoms with Crippen molar-refractivity contribution in [2.45, 2.75) is 6.92 Å². The second-order valence-electron chi connectivity index (χ2n) is 3.56. The highest BCUT2D eigenvalue weighted by Crippen LogP contribution is 2.10. The Morgan fingerprint density at radius 1 is 1.41 bits per heavy atom. The topological polar surface area (TPSA) is 49.8 Å². The van der Waals surface area contributed by atoms with E-state index in [-0.39, 0.29) is 12.4 Å². The minimum Gasteiger partial charge on any atom is -0.492 e. The SMILES string of the molecule is CCN(CCOc1ccc(F)cc1)CC(=O)O. The fraction of sp³-hybridized carbons (Fsp3) is 0.417. The van der Waals surface area contributed by atoms with Crippen molar-refractivity contribution in [1.82, 2.24) is 4.90 Å². The number of nitrogens with zero attached hydrogens (tertiary/aromatic N) is 1. The summed E-state index contributed by atoms with van der Waals surface area (Å²) in [5.41, 5.74) is 0. The number of aliphatic carboxylic acids is 1. The van der Waals surface area contributed by atoms with Crippen molar-refractivity contribution in [3.8, 4) is 5.75 Å². The summed E-state index contributed by atoms with van der Waals surface area (Å²) in [6.45, 7) is 3.45. The molecule has 4 nitrogen and oxygen atoms in total. The number of benzene rings is 1. The van der Waals surface area contributed by atoms with E-state index in [9.17, 15) is 9.18 Å². The highest BCUT2D eigenvalue weighted by molar-refractivity contribution is 5.69. The van der Waals surface area contributed by atoms with E-state index in [2.05, 4.69) is 0 Å². The van der Waals surface area contributed by atoms with Crippen LogP contribution >= 0.6 is 0 Å². The molecule has 0 fully saturated rings. The Morgan fingerprint density at radius 2 is 2.06 bits per heavy atom. The Hall–Kier alpha value is -1.62. The standard InChI is InChI=1S/C12H16FNO3/c1-2-14(9-12(15)16)7-8-17-11-5-3-10(13)4-6-11/h3-6H,2,7-9H2,1H3,(H,15,16). The van der Waals surface area contributed by atoms with Gasteiger partial charge in [-0.3, -0.25) is 9.69 Å². The summed E-state index contributed by atoms with van der Waals surface area (Å²) >= 11 is 0. The van der Waals surface area contributed by atoms with Gasteiger partial charge in [0, 0.05) is 6.54 Å². The molecular formula is C12H16FNO3. The van der Waals surface area contributed by atoms with Crippen molar-refractivity contribution >= 4 is 5.97 Å². The van der Waals surface area contributed by atoms with Gasteiger partial charge >= 0.3 is 5.97 Å². The quantitative estimate of drug-likeness (QED) is 0.788. The molecule has 0 aliphatic heterocycles. The first-order valence-corrected chi connectivity index (χ1v) is 5.44. The molecule has 1 rings (SSSR count). The van der Waals surface area contributed by atoms with Gasteiger partial charge in [0.1, 0.15) is 18.2 Å². The van der Waals surface area contributed by atoms with Crippen molar-refractivity contribution in [2.75, 3.05) is 26.2 Å². The van der Waals surface area contributed by atoms with Gasteiger partial charge in [-0.15, -0.1) is 0 Å². The average Bonchev–Trinajstić information content (AvgIpc) is 2.30. The fourth-order valence-electron chi connectivity index (χ4n) is 1.36. The molecule has 0 aliphatic rings. The summed E-state index contributed by atoms with van der Waals surface area (Å²) in [5.74, 6) is -0.579. The van der Waals surface area contributed by atoms with Crippen molar-refractivity contribution in [3.05, 3.63) is 30.1 Å². The molecular weight excluding hydrogens is 225 g/mol. The molecule has 1 aromatic rings. The monoisotopic (exact) mass is 241 g/mol. The van der Waals surface area contributed by atoms with Crippen LogP contribution in [0.2, 0.25) is 0 Å². The number of hydrogen-bond donors (Lipinski definition) is 1. The van der Waals surface area contributed by atoms with E-state index < -0.39 is 5.97 Å². The van der Waals surface area contributed by atoms with Crippen LogP contribution < -0.4 is 4.74 Å². The first-order valence-electron chi connectivity index (χ1n) is 5.44. The number of carbonyl (C=O) groups is 1. The van der Waals surface area contributed by atoms with Crippen LogP contribution in [0.1, 0.15) is 6.92 Å². The molecule has 0 aromatic heterocycles. The Morgan fingerprint density at radius 3 is 2.59 bits per heavy atom. The van der Waals surface area contributed by atoms with Crippen molar-refractivity contribution < 1.29 is 19.0 Å². The van der Waals surface area contributed by atoms with E-state index in [0.717, 1.165) is 0 Å². The summed E-state index contributed by atoms with van der Waals surface area (Å²) in [7, 11) is 0. The molecule has 0 saturated heterocycles. The summed E-state index contributed by atoms with van der Waals surface area (Å²) in [6, 6.07) is 5.74. The lowest BCUT2D eigenvalue weighted by molar-refractivity contribution is -0.138. The minimum atomic E-state index is -0.853. The molecule has 0 amide bonds. The third-order valence-electron chi connectivity index (χ3n) is 2.30. The molecule has 5 heteroatoms. The van der Waals surface area contributed by atoms with E-state index in [0.29, 0.717) is 25.4 Å². The van der Waals surface area contributed by atoms with Crippen LogP contribution in [0, 0.1) is 5.82 Å². The van der Waals surface area contributed by atoms with Crippen molar-refractivity contribution in [3.63, 3.8) is 0 Å². The first-order chi connectivity index (χ1) is 8.11. The summed E-state index contributed by atoms with van der Waals surface area (Å²) < 4.78 is 18.0. The van der Waals surface area contributed by atoms with Gasteiger partial charge in [0.15, 0.2) is 0 Å². The molecule has 94 valence electrons. The van der Waals surface area contributed by atoms with Crippen LogP contribution in [0.25, 0.3) is 0 Å². The molecule has 0 spiro atoms. The number of hydrogen-bond acceptors (Lipinski definition) is 3. The Kier molecular flexibility index (Phi) is 5.42. The summed E-state index contributed by atoms with van der Waals surface area (Å²) in [5, 5.41) is 8.64. The van der Waals surface area contributed by atoms with Crippen LogP contribution in [0.3, 0.4) is 0 Å². The second-order valence-corrected chi connectivity index (χ2v) is 3.56. The van der Waals surface area contributed by atoms with E-state index in [1.165, 1.54) is 12.1 Å². The fourth-order valence-corrected chi connectivity index (χ4v) is 1.36. The van der Waals surface area contributed by atoms with E-state index >= 15 is 0 Å². The average molecular weight is 241 g/mol. The molecule has 0 aliphatic carbocycles. The maximum absolute atomic E-state index is 12.6. The van der Waals surface area contributed by atoms with Crippen LogP contribution in [0.4, 0.5) is 4.39 Å². The first kappa shape index (κ1) is 13.4.